The molecule has 0 spiro atoms. The van der Waals surface area contributed by atoms with E-state index < -0.39 is 9.84 Å². The van der Waals surface area contributed by atoms with Crippen molar-refractivity contribution in [3.05, 3.63) is 0 Å². The van der Waals surface area contributed by atoms with E-state index in [1.807, 2.05) is 6.92 Å². The highest BCUT2D eigenvalue weighted by molar-refractivity contribution is 7.91. The number of nitrogen functional groups attached to an aromatic ring is 1. The van der Waals surface area contributed by atoms with Gasteiger partial charge in [-0.15, -0.1) is 0 Å². The van der Waals surface area contributed by atoms with Crippen LogP contribution >= 0.6 is 11.5 Å². The first kappa shape index (κ1) is 15.2. The highest BCUT2D eigenvalue weighted by Gasteiger charge is 2.25. The Bertz CT molecular complexity index is 496. The third kappa shape index (κ3) is 3.14. The molecule has 1 aromatic rings. The van der Waals surface area contributed by atoms with Crippen LogP contribution in [0.25, 0.3) is 0 Å². The number of hydrogen-bond acceptors (Lipinski definition) is 6. The van der Waals surface area contributed by atoms with Gasteiger partial charge in [0, 0.05) is 6.04 Å². The summed E-state index contributed by atoms with van der Waals surface area (Å²) in [6, 6.07) is 0.181. The second-order valence-electron chi connectivity index (χ2n) is 4.45. The Morgan fingerprint density at radius 2 is 2.00 bits per heavy atom. The molecule has 0 bridgehead atoms. The van der Waals surface area contributed by atoms with E-state index in [-0.39, 0.29) is 22.5 Å². The second kappa shape index (κ2) is 5.88. The molecule has 2 atom stereocenters. The van der Waals surface area contributed by atoms with E-state index >= 15 is 0 Å². The summed E-state index contributed by atoms with van der Waals surface area (Å²) in [4.78, 5) is 0.158. The minimum atomic E-state index is -3.33. The average molecular weight is 291 g/mol. The molecule has 0 aliphatic carbocycles. The van der Waals surface area contributed by atoms with E-state index in [2.05, 4.69) is 23.5 Å². The van der Waals surface area contributed by atoms with Gasteiger partial charge in [-0.25, -0.2) is 8.42 Å². The lowest BCUT2D eigenvalue weighted by Gasteiger charge is -2.20. The van der Waals surface area contributed by atoms with Crippen molar-refractivity contribution in [2.75, 3.05) is 16.8 Å². The molecule has 0 aromatic carbocycles. The Balaban J connectivity index is 3.06. The maximum absolute atomic E-state index is 12.0. The predicted octanol–water partition coefficient (Wildman–Crippen LogP) is 2.37. The maximum Gasteiger partial charge on any atom is 0.184 e. The van der Waals surface area contributed by atoms with Crippen molar-refractivity contribution in [3.8, 4) is 0 Å². The van der Waals surface area contributed by atoms with Crippen molar-refractivity contribution in [2.45, 2.75) is 45.1 Å². The lowest BCUT2D eigenvalue weighted by molar-refractivity contribution is 0.494. The molecule has 0 saturated heterocycles. The molecule has 0 saturated carbocycles. The summed E-state index contributed by atoms with van der Waals surface area (Å²) in [6.45, 7) is 7.87. The molecule has 3 N–H and O–H groups in total. The number of aromatic nitrogens is 1. The molecule has 1 aromatic heterocycles. The molecular weight excluding hydrogens is 270 g/mol. The second-order valence-corrected chi connectivity index (χ2v) is 7.44. The number of rotatable bonds is 6. The fraction of sp³-hybridized carbons (Fsp3) is 0.727. The van der Waals surface area contributed by atoms with Gasteiger partial charge in [-0.2, -0.15) is 4.37 Å². The standard InChI is InChI=1S/C11H21N3O2S2/c1-5-7(3)8(4)13-11-9(10(12)14-17-11)18(15,16)6-2/h7-8,13H,5-6H2,1-4H3,(H2,12,14). The molecule has 0 amide bonds. The molecule has 5 nitrogen and oxygen atoms in total. The number of nitrogens with two attached hydrogens (primary N) is 1. The highest BCUT2D eigenvalue weighted by atomic mass is 32.2. The molecule has 7 heteroatoms. The molecule has 1 heterocycles. The molecule has 0 fully saturated rings. The van der Waals surface area contributed by atoms with Crippen LogP contribution in [0.3, 0.4) is 0 Å². The number of anilines is 2. The topological polar surface area (TPSA) is 85.1 Å². The van der Waals surface area contributed by atoms with Crippen molar-refractivity contribution < 1.29 is 8.42 Å². The zero-order chi connectivity index (χ0) is 13.9. The summed E-state index contributed by atoms with van der Waals surface area (Å²) in [5.41, 5.74) is 5.67. The Morgan fingerprint density at radius 1 is 1.39 bits per heavy atom. The van der Waals surface area contributed by atoms with Crippen LogP contribution in [-0.4, -0.2) is 24.6 Å². The zero-order valence-corrected chi connectivity index (χ0v) is 12.9. The quantitative estimate of drug-likeness (QED) is 0.840. The van der Waals surface area contributed by atoms with Gasteiger partial charge in [-0.3, -0.25) is 0 Å². The fourth-order valence-corrected chi connectivity index (χ4v) is 3.79. The van der Waals surface area contributed by atoms with Gasteiger partial charge >= 0.3 is 0 Å². The van der Waals surface area contributed by atoms with Crippen LogP contribution in [0.2, 0.25) is 0 Å². The van der Waals surface area contributed by atoms with Crippen LogP contribution in [-0.2, 0) is 9.84 Å². The van der Waals surface area contributed by atoms with E-state index in [9.17, 15) is 8.42 Å². The lowest BCUT2D eigenvalue weighted by atomic mass is 10.0. The summed E-state index contributed by atoms with van der Waals surface area (Å²) in [6.07, 6.45) is 1.03. The first-order valence-electron chi connectivity index (χ1n) is 6.07. The molecule has 1 rings (SSSR count). The van der Waals surface area contributed by atoms with Gasteiger partial charge in [0.25, 0.3) is 0 Å². The fourth-order valence-electron chi connectivity index (χ4n) is 1.53. The van der Waals surface area contributed by atoms with Gasteiger partial charge in [0.15, 0.2) is 15.7 Å². The van der Waals surface area contributed by atoms with Crippen LogP contribution in [0.5, 0.6) is 0 Å². The van der Waals surface area contributed by atoms with Crippen molar-refractivity contribution in [3.63, 3.8) is 0 Å². The van der Waals surface area contributed by atoms with E-state index in [1.165, 1.54) is 0 Å². The number of nitrogens with one attached hydrogen (secondary N) is 1. The number of sulfone groups is 1. The SMILES string of the molecule is CCC(C)C(C)Nc1snc(N)c1S(=O)(=O)CC. The molecule has 0 aliphatic heterocycles. The Morgan fingerprint density at radius 3 is 2.50 bits per heavy atom. The summed E-state index contributed by atoms with van der Waals surface area (Å²) < 4.78 is 27.9. The monoisotopic (exact) mass is 291 g/mol. The van der Waals surface area contributed by atoms with Gasteiger partial charge in [0.1, 0.15) is 9.90 Å². The van der Waals surface area contributed by atoms with Gasteiger partial charge in [-0.05, 0) is 24.4 Å². The smallest absolute Gasteiger partial charge is 0.184 e. The molecule has 2 unspecified atom stereocenters. The largest absolute Gasteiger partial charge is 0.382 e. The van der Waals surface area contributed by atoms with Gasteiger partial charge in [0.2, 0.25) is 0 Å². The van der Waals surface area contributed by atoms with Crippen molar-refractivity contribution in [1.82, 2.24) is 4.37 Å². The van der Waals surface area contributed by atoms with E-state index in [0.29, 0.717) is 10.9 Å². The minimum absolute atomic E-state index is 0.0298. The van der Waals surface area contributed by atoms with Gasteiger partial charge < -0.3 is 11.1 Å². The predicted molar refractivity (Wildman–Crippen MR) is 76.8 cm³/mol. The first-order valence-corrected chi connectivity index (χ1v) is 8.50. The van der Waals surface area contributed by atoms with Crippen molar-refractivity contribution in [2.24, 2.45) is 5.92 Å². The minimum Gasteiger partial charge on any atom is -0.382 e. The third-order valence-electron chi connectivity index (χ3n) is 3.22. The number of hydrogen-bond donors (Lipinski definition) is 2. The average Bonchev–Trinajstić information content (AvgIpc) is 2.69. The van der Waals surface area contributed by atoms with Crippen LogP contribution in [0, 0.1) is 5.92 Å². The summed E-state index contributed by atoms with van der Waals surface area (Å²) >= 11 is 1.11. The molecule has 18 heavy (non-hydrogen) atoms. The molecule has 104 valence electrons. The van der Waals surface area contributed by atoms with Crippen LogP contribution < -0.4 is 11.1 Å². The van der Waals surface area contributed by atoms with Crippen LogP contribution in [0.4, 0.5) is 10.8 Å². The normalized spacial score (nSPS) is 15.3. The third-order valence-corrected chi connectivity index (χ3v) is 5.94. The Hall–Kier alpha value is -0.820. The molecular formula is C11H21N3O2S2. The Kier molecular flexibility index (Phi) is 4.98. The van der Waals surface area contributed by atoms with Crippen molar-refractivity contribution >= 4 is 32.2 Å². The van der Waals surface area contributed by atoms with Gasteiger partial charge in [-0.1, -0.05) is 27.2 Å². The Labute approximate surface area is 113 Å². The van der Waals surface area contributed by atoms with Crippen molar-refractivity contribution in [1.29, 1.82) is 0 Å². The lowest BCUT2D eigenvalue weighted by Crippen LogP contribution is -2.23. The van der Waals surface area contributed by atoms with Crippen LogP contribution in [0.15, 0.2) is 4.90 Å². The zero-order valence-electron chi connectivity index (χ0n) is 11.2. The molecule has 0 aliphatic rings. The summed E-state index contributed by atoms with van der Waals surface area (Å²) in [5.74, 6) is 0.577. The first-order chi connectivity index (χ1) is 8.33. The molecule has 0 radical (unpaired) electrons. The maximum atomic E-state index is 12.0. The van der Waals surface area contributed by atoms with E-state index in [1.54, 1.807) is 6.92 Å². The van der Waals surface area contributed by atoms with Gasteiger partial charge in [0.05, 0.1) is 5.75 Å². The number of nitrogens with zero attached hydrogens (tertiary/aromatic N) is 1. The highest BCUT2D eigenvalue weighted by Crippen LogP contribution is 2.33. The van der Waals surface area contributed by atoms with E-state index in [4.69, 9.17) is 5.73 Å². The summed E-state index contributed by atoms with van der Waals surface area (Å²) in [7, 11) is -3.33. The van der Waals surface area contributed by atoms with Crippen LogP contribution in [0.1, 0.15) is 34.1 Å². The summed E-state index contributed by atoms with van der Waals surface area (Å²) in [5, 5.41) is 3.78. The van der Waals surface area contributed by atoms with E-state index in [0.717, 1.165) is 18.0 Å².